The van der Waals surface area contributed by atoms with Crippen molar-refractivity contribution < 1.29 is 4.79 Å². The van der Waals surface area contributed by atoms with E-state index in [1.807, 2.05) is 11.4 Å². The summed E-state index contributed by atoms with van der Waals surface area (Å²) in [6.45, 7) is 0. The van der Waals surface area contributed by atoms with Crippen LogP contribution in [0, 0.1) is 11.5 Å². The minimum absolute atomic E-state index is 0.465. The van der Waals surface area contributed by atoms with Gasteiger partial charge in [0.25, 0.3) is 5.91 Å². The van der Waals surface area contributed by atoms with Crippen molar-refractivity contribution in [2.75, 3.05) is 0 Å². The molecule has 0 bridgehead atoms. The fourth-order valence-electron chi connectivity index (χ4n) is 0.872. The van der Waals surface area contributed by atoms with Gasteiger partial charge in [-0.2, -0.15) is 5.26 Å². The van der Waals surface area contributed by atoms with Crippen LogP contribution in [-0.2, 0) is 4.79 Å². The lowest BCUT2D eigenvalue weighted by molar-refractivity contribution is -0.115. The number of halogens is 1. The molecule has 1 amide bonds. The molecule has 0 fully saturated rings. The third-order valence-electron chi connectivity index (χ3n) is 1.50. The Morgan fingerprint density at radius 3 is 2.86 bits per heavy atom. The molecular formula is C10H7ClN2O. The van der Waals surface area contributed by atoms with E-state index in [1.165, 1.54) is 12.3 Å². The van der Waals surface area contributed by atoms with Crippen molar-refractivity contribution in [2.24, 2.45) is 0 Å². The third kappa shape index (κ3) is 2.92. The number of nitrogens with zero attached hydrogens (tertiary/aromatic N) is 1. The van der Waals surface area contributed by atoms with Crippen LogP contribution in [0.25, 0.3) is 6.08 Å². The zero-order chi connectivity index (χ0) is 10.4. The SMILES string of the molecule is N#CNC(=O)/C=C/c1ccccc1Cl. The topological polar surface area (TPSA) is 52.9 Å². The summed E-state index contributed by atoms with van der Waals surface area (Å²) < 4.78 is 0. The predicted octanol–water partition coefficient (Wildman–Crippen LogP) is 1.95. The molecule has 3 nitrogen and oxygen atoms in total. The molecule has 1 aromatic carbocycles. The zero-order valence-corrected chi connectivity index (χ0v) is 7.95. The van der Waals surface area contributed by atoms with Crippen molar-refractivity contribution in [1.29, 1.82) is 5.26 Å². The number of nitriles is 1. The first-order chi connectivity index (χ1) is 6.74. The minimum atomic E-state index is -0.465. The molecule has 1 aromatic rings. The van der Waals surface area contributed by atoms with Gasteiger partial charge in [-0.1, -0.05) is 29.8 Å². The van der Waals surface area contributed by atoms with Crippen LogP contribution in [0.2, 0.25) is 5.02 Å². The summed E-state index contributed by atoms with van der Waals surface area (Å²) in [5, 5.41) is 10.7. The summed E-state index contributed by atoms with van der Waals surface area (Å²) in [6, 6.07) is 7.12. The van der Waals surface area contributed by atoms with Crippen LogP contribution in [0.4, 0.5) is 0 Å². The molecule has 0 aliphatic carbocycles. The molecule has 70 valence electrons. The Morgan fingerprint density at radius 1 is 1.50 bits per heavy atom. The van der Waals surface area contributed by atoms with E-state index in [-0.39, 0.29) is 0 Å². The van der Waals surface area contributed by atoms with Crippen molar-refractivity contribution in [3.8, 4) is 6.19 Å². The highest BCUT2D eigenvalue weighted by atomic mass is 35.5. The monoisotopic (exact) mass is 206 g/mol. The molecule has 0 aliphatic rings. The van der Waals surface area contributed by atoms with Crippen molar-refractivity contribution >= 4 is 23.6 Å². The fraction of sp³-hybridized carbons (Fsp3) is 0. The van der Waals surface area contributed by atoms with Crippen LogP contribution in [0.5, 0.6) is 0 Å². The lowest BCUT2D eigenvalue weighted by Gasteiger charge is -1.95. The maximum Gasteiger partial charge on any atom is 0.256 e. The highest BCUT2D eigenvalue weighted by molar-refractivity contribution is 6.32. The van der Waals surface area contributed by atoms with Gasteiger partial charge in [0.1, 0.15) is 0 Å². The molecule has 0 saturated heterocycles. The molecule has 0 aromatic heterocycles. The molecule has 0 atom stereocenters. The number of hydrogen-bond acceptors (Lipinski definition) is 2. The van der Waals surface area contributed by atoms with E-state index >= 15 is 0 Å². The van der Waals surface area contributed by atoms with Gasteiger partial charge >= 0.3 is 0 Å². The second-order valence-electron chi connectivity index (χ2n) is 2.46. The highest BCUT2D eigenvalue weighted by Crippen LogP contribution is 2.15. The molecule has 4 heteroatoms. The van der Waals surface area contributed by atoms with Crippen LogP contribution in [0.1, 0.15) is 5.56 Å². The Bertz CT molecular complexity index is 407. The van der Waals surface area contributed by atoms with Crippen molar-refractivity contribution in [3.05, 3.63) is 40.9 Å². The number of amides is 1. The first-order valence-electron chi connectivity index (χ1n) is 3.85. The lowest BCUT2D eigenvalue weighted by atomic mass is 10.2. The van der Waals surface area contributed by atoms with E-state index in [9.17, 15) is 4.79 Å². The van der Waals surface area contributed by atoms with Crippen LogP contribution in [-0.4, -0.2) is 5.91 Å². The maximum atomic E-state index is 10.9. The largest absolute Gasteiger partial charge is 0.269 e. The van der Waals surface area contributed by atoms with E-state index in [0.29, 0.717) is 5.02 Å². The summed E-state index contributed by atoms with van der Waals surface area (Å²) in [5.41, 5.74) is 0.738. The number of nitrogens with one attached hydrogen (secondary N) is 1. The lowest BCUT2D eigenvalue weighted by Crippen LogP contribution is -2.13. The van der Waals surface area contributed by atoms with E-state index in [1.54, 1.807) is 24.3 Å². The van der Waals surface area contributed by atoms with Crippen LogP contribution >= 0.6 is 11.6 Å². The molecule has 14 heavy (non-hydrogen) atoms. The predicted molar refractivity (Wildman–Crippen MR) is 54.2 cm³/mol. The molecule has 1 N–H and O–H groups in total. The Labute approximate surface area is 86.6 Å². The number of carbonyl (C=O) groups is 1. The first kappa shape index (κ1) is 10.3. The van der Waals surface area contributed by atoms with Crippen molar-refractivity contribution in [1.82, 2.24) is 5.32 Å². The molecule has 1 rings (SSSR count). The Hall–Kier alpha value is -1.79. The Kier molecular flexibility index (Phi) is 3.71. The van der Waals surface area contributed by atoms with Crippen LogP contribution in [0.15, 0.2) is 30.3 Å². The number of benzene rings is 1. The molecule has 0 saturated carbocycles. The number of hydrogen-bond donors (Lipinski definition) is 1. The molecule has 0 aliphatic heterocycles. The molecule has 0 unspecified atom stereocenters. The molecular weight excluding hydrogens is 200 g/mol. The second kappa shape index (κ2) is 5.05. The first-order valence-corrected chi connectivity index (χ1v) is 4.23. The standard InChI is InChI=1S/C10H7ClN2O/c11-9-4-2-1-3-8(9)5-6-10(14)13-7-12/h1-6H,(H,13,14)/b6-5+. The average molecular weight is 207 g/mol. The Balaban J connectivity index is 2.75. The summed E-state index contributed by atoms with van der Waals surface area (Å²) in [4.78, 5) is 10.9. The van der Waals surface area contributed by atoms with Gasteiger partial charge in [-0.3, -0.25) is 10.1 Å². The van der Waals surface area contributed by atoms with Gasteiger partial charge in [0.2, 0.25) is 0 Å². The number of carbonyl (C=O) groups excluding carboxylic acids is 1. The van der Waals surface area contributed by atoms with Gasteiger partial charge in [0.15, 0.2) is 6.19 Å². The summed E-state index contributed by atoms with van der Waals surface area (Å²) in [5.74, 6) is -0.465. The second-order valence-corrected chi connectivity index (χ2v) is 2.86. The third-order valence-corrected chi connectivity index (χ3v) is 1.84. The normalized spacial score (nSPS) is 9.71. The van der Waals surface area contributed by atoms with E-state index < -0.39 is 5.91 Å². The van der Waals surface area contributed by atoms with Gasteiger partial charge in [-0.15, -0.1) is 0 Å². The summed E-state index contributed by atoms with van der Waals surface area (Å²) in [6.07, 6.45) is 4.34. The Morgan fingerprint density at radius 2 is 2.21 bits per heavy atom. The van der Waals surface area contributed by atoms with E-state index in [0.717, 1.165) is 5.56 Å². The highest BCUT2D eigenvalue weighted by Gasteiger charge is 1.95. The average Bonchev–Trinajstić information content (AvgIpc) is 2.17. The van der Waals surface area contributed by atoms with Gasteiger partial charge < -0.3 is 0 Å². The van der Waals surface area contributed by atoms with Crippen molar-refractivity contribution in [3.63, 3.8) is 0 Å². The fourth-order valence-corrected chi connectivity index (χ4v) is 1.07. The van der Waals surface area contributed by atoms with Gasteiger partial charge in [-0.05, 0) is 17.7 Å². The molecule has 0 spiro atoms. The molecule has 0 radical (unpaired) electrons. The maximum absolute atomic E-state index is 10.9. The quantitative estimate of drug-likeness (QED) is 0.457. The van der Waals surface area contributed by atoms with E-state index in [2.05, 4.69) is 0 Å². The van der Waals surface area contributed by atoms with Crippen LogP contribution < -0.4 is 5.32 Å². The minimum Gasteiger partial charge on any atom is -0.269 e. The summed E-state index contributed by atoms with van der Waals surface area (Å²) >= 11 is 5.84. The van der Waals surface area contributed by atoms with Crippen LogP contribution in [0.3, 0.4) is 0 Å². The van der Waals surface area contributed by atoms with Gasteiger partial charge in [0, 0.05) is 11.1 Å². The summed E-state index contributed by atoms with van der Waals surface area (Å²) in [7, 11) is 0. The molecule has 0 heterocycles. The van der Waals surface area contributed by atoms with E-state index in [4.69, 9.17) is 16.9 Å². The van der Waals surface area contributed by atoms with Gasteiger partial charge in [0.05, 0.1) is 0 Å². The van der Waals surface area contributed by atoms with Crippen molar-refractivity contribution in [2.45, 2.75) is 0 Å². The smallest absolute Gasteiger partial charge is 0.256 e. The van der Waals surface area contributed by atoms with Gasteiger partial charge in [-0.25, -0.2) is 0 Å². The number of rotatable bonds is 2. The zero-order valence-electron chi connectivity index (χ0n) is 7.20.